The first kappa shape index (κ1) is 15.9. The summed E-state index contributed by atoms with van der Waals surface area (Å²) in [4.78, 5) is 12.6. The van der Waals surface area contributed by atoms with E-state index in [1.54, 1.807) is 6.07 Å². The molecular formula is C18H17Cl2NO3. The average molecular weight is 366 g/mol. The van der Waals surface area contributed by atoms with Crippen LogP contribution in [0.1, 0.15) is 41.4 Å². The molecule has 0 bridgehead atoms. The number of benzene rings is 1. The zero-order valence-corrected chi connectivity index (χ0v) is 14.8. The van der Waals surface area contributed by atoms with Crippen LogP contribution in [0.4, 0.5) is 0 Å². The number of ether oxygens (including phenoxy) is 2. The number of fused-ring (bicyclic) bond motifs is 5. The van der Waals surface area contributed by atoms with Crippen LogP contribution in [0.15, 0.2) is 12.1 Å². The second-order valence-corrected chi connectivity index (χ2v) is 6.87. The van der Waals surface area contributed by atoms with Crippen LogP contribution >= 0.6 is 23.2 Å². The standard InChI is InChI=1S/C18H17Cl2NO3/c1-2-23-18(22)15-12-9-24-17-11(7-10(19)8-13(17)20)16(12)21-6-4-3-5-14(15)21/h7-8H,2-6,9H2,1H3. The largest absolute Gasteiger partial charge is 0.487 e. The zero-order chi connectivity index (χ0) is 16.8. The van der Waals surface area contributed by atoms with Crippen molar-refractivity contribution in [3.05, 3.63) is 39.0 Å². The van der Waals surface area contributed by atoms with Crippen molar-refractivity contribution in [3.63, 3.8) is 0 Å². The number of carbonyl (C=O) groups excluding carboxylic acids is 1. The smallest absolute Gasteiger partial charge is 0.340 e. The summed E-state index contributed by atoms with van der Waals surface area (Å²) in [7, 11) is 0. The van der Waals surface area contributed by atoms with Gasteiger partial charge in [-0.3, -0.25) is 0 Å². The summed E-state index contributed by atoms with van der Waals surface area (Å²) in [6.45, 7) is 3.37. The Labute approximate surface area is 150 Å². The molecule has 0 N–H and O–H groups in total. The minimum absolute atomic E-state index is 0.274. The first-order chi connectivity index (χ1) is 11.6. The lowest BCUT2D eigenvalue weighted by molar-refractivity contribution is 0.0521. The molecule has 0 saturated heterocycles. The van der Waals surface area contributed by atoms with E-state index in [9.17, 15) is 4.79 Å². The molecular weight excluding hydrogens is 349 g/mol. The summed E-state index contributed by atoms with van der Waals surface area (Å²) >= 11 is 12.5. The van der Waals surface area contributed by atoms with Crippen molar-refractivity contribution < 1.29 is 14.3 Å². The third kappa shape index (κ3) is 2.32. The Morgan fingerprint density at radius 1 is 1.33 bits per heavy atom. The highest BCUT2D eigenvalue weighted by Gasteiger charge is 2.34. The summed E-state index contributed by atoms with van der Waals surface area (Å²) in [6, 6.07) is 3.54. The van der Waals surface area contributed by atoms with E-state index in [1.807, 2.05) is 13.0 Å². The predicted octanol–water partition coefficient (Wildman–Crippen LogP) is 4.87. The van der Waals surface area contributed by atoms with Gasteiger partial charge in [-0.05, 0) is 38.3 Å². The van der Waals surface area contributed by atoms with Gasteiger partial charge in [0.25, 0.3) is 0 Å². The monoisotopic (exact) mass is 365 g/mol. The van der Waals surface area contributed by atoms with Crippen molar-refractivity contribution in [2.75, 3.05) is 6.61 Å². The van der Waals surface area contributed by atoms with Crippen LogP contribution < -0.4 is 4.74 Å². The van der Waals surface area contributed by atoms with Gasteiger partial charge in [0, 0.05) is 28.4 Å². The highest BCUT2D eigenvalue weighted by Crippen LogP contribution is 2.47. The third-order valence-electron chi connectivity index (χ3n) is 4.62. The van der Waals surface area contributed by atoms with Crippen molar-refractivity contribution in [3.8, 4) is 17.0 Å². The molecule has 0 amide bonds. The lowest BCUT2D eigenvalue weighted by Crippen LogP contribution is -2.14. The second-order valence-electron chi connectivity index (χ2n) is 6.03. The third-order valence-corrected chi connectivity index (χ3v) is 5.12. The van der Waals surface area contributed by atoms with Gasteiger partial charge in [0.15, 0.2) is 0 Å². The number of nitrogens with zero attached hydrogens (tertiary/aromatic N) is 1. The molecule has 6 heteroatoms. The molecule has 1 aromatic carbocycles. The first-order valence-electron chi connectivity index (χ1n) is 8.15. The van der Waals surface area contributed by atoms with E-state index < -0.39 is 0 Å². The molecule has 0 aliphatic carbocycles. The van der Waals surface area contributed by atoms with Gasteiger partial charge in [-0.25, -0.2) is 4.79 Å². The maximum atomic E-state index is 12.6. The number of esters is 1. The Kier molecular flexibility index (Phi) is 3.97. The lowest BCUT2D eigenvalue weighted by atomic mass is 10.0. The number of halogens is 2. The fourth-order valence-corrected chi connectivity index (χ4v) is 4.26. The molecule has 0 atom stereocenters. The summed E-state index contributed by atoms with van der Waals surface area (Å²) in [5.74, 6) is 0.361. The van der Waals surface area contributed by atoms with E-state index in [4.69, 9.17) is 32.7 Å². The maximum absolute atomic E-state index is 12.6. The summed E-state index contributed by atoms with van der Waals surface area (Å²) < 4.78 is 13.4. The molecule has 126 valence electrons. The van der Waals surface area contributed by atoms with Crippen LogP contribution in [-0.2, 0) is 24.3 Å². The van der Waals surface area contributed by atoms with Crippen molar-refractivity contribution in [1.82, 2.24) is 4.57 Å². The van der Waals surface area contributed by atoms with E-state index in [0.717, 1.165) is 48.3 Å². The normalized spacial score (nSPS) is 15.1. The van der Waals surface area contributed by atoms with Gasteiger partial charge in [-0.1, -0.05) is 23.2 Å². The van der Waals surface area contributed by atoms with Gasteiger partial charge < -0.3 is 14.0 Å². The molecule has 4 nitrogen and oxygen atoms in total. The first-order valence-corrected chi connectivity index (χ1v) is 8.91. The molecule has 0 spiro atoms. The highest BCUT2D eigenvalue weighted by molar-refractivity contribution is 6.36. The van der Waals surface area contributed by atoms with Crippen LogP contribution in [0.3, 0.4) is 0 Å². The molecule has 2 aromatic rings. The molecule has 2 aliphatic heterocycles. The van der Waals surface area contributed by atoms with Crippen LogP contribution in [0, 0.1) is 0 Å². The highest BCUT2D eigenvalue weighted by atomic mass is 35.5. The minimum Gasteiger partial charge on any atom is -0.487 e. The second kappa shape index (κ2) is 6.01. The van der Waals surface area contributed by atoms with Crippen LogP contribution in [0.2, 0.25) is 10.0 Å². The Morgan fingerprint density at radius 3 is 2.96 bits per heavy atom. The van der Waals surface area contributed by atoms with Gasteiger partial charge in [-0.2, -0.15) is 0 Å². The van der Waals surface area contributed by atoms with Gasteiger partial charge in [0.2, 0.25) is 0 Å². The average Bonchev–Trinajstić information content (AvgIpc) is 2.89. The van der Waals surface area contributed by atoms with Crippen molar-refractivity contribution >= 4 is 29.2 Å². The van der Waals surface area contributed by atoms with Gasteiger partial charge in [0.05, 0.1) is 22.9 Å². The van der Waals surface area contributed by atoms with E-state index in [2.05, 4.69) is 4.57 Å². The molecule has 3 heterocycles. The number of hydrogen-bond donors (Lipinski definition) is 0. The molecule has 1 aromatic heterocycles. The van der Waals surface area contributed by atoms with Crippen LogP contribution in [0.25, 0.3) is 11.3 Å². The topological polar surface area (TPSA) is 40.5 Å². The number of carbonyl (C=O) groups is 1. The van der Waals surface area contributed by atoms with E-state index in [0.29, 0.717) is 34.6 Å². The molecule has 2 aliphatic rings. The van der Waals surface area contributed by atoms with Gasteiger partial charge in [0.1, 0.15) is 12.4 Å². The number of rotatable bonds is 2. The Balaban J connectivity index is 1.99. The van der Waals surface area contributed by atoms with Crippen molar-refractivity contribution in [2.45, 2.75) is 39.3 Å². The van der Waals surface area contributed by atoms with Gasteiger partial charge >= 0.3 is 5.97 Å². The minimum atomic E-state index is -0.274. The van der Waals surface area contributed by atoms with E-state index >= 15 is 0 Å². The molecule has 4 rings (SSSR count). The molecule has 24 heavy (non-hydrogen) atoms. The number of aromatic nitrogens is 1. The lowest BCUT2D eigenvalue weighted by Gasteiger charge is -2.23. The van der Waals surface area contributed by atoms with Crippen LogP contribution in [0.5, 0.6) is 5.75 Å². The zero-order valence-electron chi connectivity index (χ0n) is 13.3. The molecule has 0 fully saturated rings. The Morgan fingerprint density at radius 2 is 2.17 bits per heavy atom. The molecule has 0 unspecified atom stereocenters. The predicted molar refractivity (Wildman–Crippen MR) is 93.1 cm³/mol. The van der Waals surface area contributed by atoms with Crippen LogP contribution in [-0.4, -0.2) is 17.1 Å². The van der Waals surface area contributed by atoms with Crippen molar-refractivity contribution in [1.29, 1.82) is 0 Å². The van der Waals surface area contributed by atoms with E-state index in [1.165, 1.54) is 0 Å². The van der Waals surface area contributed by atoms with Crippen molar-refractivity contribution in [2.24, 2.45) is 0 Å². The summed E-state index contributed by atoms with van der Waals surface area (Å²) in [5.41, 5.74) is 4.44. The molecule has 0 saturated carbocycles. The fraction of sp³-hybridized carbons (Fsp3) is 0.389. The quantitative estimate of drug-likeness (QED) is 0.712. The summed E-state index contributed by atoms with van der Waals surface area (Å²) in [6.07, 6.45) is 3.02. The Bertz CT molecular complexity index is 842. The van der Waals surface area contributed by atoms with E-state index in [-0.39, 0.29) is 5.97 Å². The van der Waals surface area contributed by atoms with Gasteiger partial charge in [-0.15, -0.1) is 0 Å². The fourth-order valence-electron chi connectivity index (χ4n) is 3.71. The number of hydrogen-bond acceptors (Lipinski definition) is 3. The maximum Gasteiger partial charge on any atom is 0.340 e. The summed E-state index contributed by atoms with van der Waals surface area (Å²) in [5, 5.41) is 1.05. The molecule has 0 radical (unpaired) electrons. The SMILES string of the molecule is CCOC(=O)c1c2c(n3c1CCCC3)-c1cc(Cl)cc(Cl)c1OC2. The Hall–Kier alpha value is -1.65.